The van der Waals surface area contributed by atoms with E-state index >= 15 is 0 Å². The normalized spacial score (nSPS) is 17.1. The van der Waals surface area contributed by atoms with Crippen LogP contribution in [0.15, 0.2) is 47.2 Å². The quantitative estimate of drug-likeness (QED) is 0.717. The second-order valence-corrected chi connectivity index (χ2v) is 6.00. The zero-order valence-electron chi connectivity index (χ0n) is 13.6. The van der Waals surface area contributed by atoms with Crippen molar-refractivity contribution in [2.45, 2.75) is 25.4 Å². The number of rotatable bonds is 4. The van der Waals surface area contributed by atoms with E-state index in [4.69, 9.17) is 4.52 Å². The third-order valence-corrected chi connectivity index (χ3v) is 4.34. The van der Waals surface area contributed by atoms with E-state index in [1.807, 2.05) is 0 Å². The van der Waals surface area contributed by atoms with E-state index in [1.54, 1.807) is 24.5 Å². The first-order chi connectivity index (χ1) is 12.6. The maximum absolute atomic E-state index is 13.9. The van der Waals surface area contributed by atoms with E-state index in [9.17, 15) is 13.6 Å². The highest BCUT2D eigenvalue weighted by Gasteiger charge is 2.36. The SMILES string of the molecule is O=C1CCC(c2nc(-c3ccncc3)no2)N1Cc1cc(F)ccc1F. The number of nitrogens with zero attached hydrogens (tertiary/aromatic N) is 4. The summed E-state index contributed by atoms with van der Waals surface area (Å²) in [6, 6.07) is 6.21. The fourth-order valence-corrected chi connectivity index (χ4v) is 3.03. The highest BCUT2D eigenvalue weighted by atomic mass is 19.1. The van der Waals surface area contributed by atoms with Crippen molar-refractivity contribution in [2.24, 2.45) is 0 Å². The van der Waals surface area contributed by atoms with Crippen molar-refractivity contribution in [3.8, 4) is 11.4 Å². The fourth-order valence-electron chi connectivity index (χ4n) is 3.03. The largest absolute Gasteiger partial charge is 0.337 e. The average molecular weight is 356 g/mol. The molecule has 26 heavy (non-hydrogen) atoms. The molecule has 0 aliphatic carbocycles. The van der Waals surface area contributed by atoms with Crippen molar-refractivity contribution >= 4 is 5.91 Å². The van der Waals surface area contributed by atoms with Gasteiger partial charge >= 0.3 is 0 Å². The van der Waals surface area contributed by atoms with Gasteiger partial charge < -0.3 is 9.42 Å². The van der Waals surface area contributed by atoms with Crippen LogP contribution in [-0.2, 0) is 11.3 Å². The van der Waals surface area contributed by atoms with Crippen LogP contribution < -0.4 is 0 Å². The van der Waals surface area contributed by atoms with Crippen molar-refractivity contribution in [2.75, 3.05) is 0 Å². The molecule has 4 rings (SSSR count). The predicted molar refractivity (Wildman–Crippen MR) is 86.4 cm³/mol. The molecule has 1 saturated heterocycles. The summed E-state index contributed by atoms with van der Waals surface area (Å²) in [5, 5.41) is 3.94. The molecule has 8 heteroatoms. The molecular weight excluding hydrogens is 342 g/mol. The summed E-state index contributed by atoms with van der Waals surface area (Å²) in [7, 11) is 0. The molecule has 1 aliphatic rings. The minimum absolute atomic E-state index is 0.0555. The van der Waals surface area contributed by atoms with E-state index < -0.39 is 17.7 Å². The minimum atomic E-state index is -0.562. The fraction of sp³-hybridized carbons (Fsp3) is 0.222. The minimum Gasteiger partial charge on any atom is -0.337 e. The highest BCUT2D eigenvalue weighted by molar-refractivity contribution is 5.78. The molecule has 1 aliphatic heterocycles. The van der Waals surface area contributed by atoms with Gasteiger partial charge in [-0.3, -0.25) is 9.78 Å². The lowest BCUT2D eigenvalue weighted by Gasteiger charge is -2.22. The second kappa shape index (κ2) is 6.62. The second-order valence-electron chi connectivity index (χ2n) is 6.00. The Kier molecular flexibility index (Phi) is 4.16. The summed E-state index contributed by atoms with van der Waals surface area (Å²) in [5.74, 6) is -0.615. The molecule has 0 bridgehead atoms. The lowest BCUT2D eigenvalue weighted by atomic mass is 10.1. The summed E-state index contributed by atoms with van der Waals surface area (Å²) in [6.45, 7) is -0.0555. The molecule has 1 unspecified atom stereocenters. The van der Waals surface area contributed by atoms with Crippen molar-refractivity contribution in [1.82, 2.24) is 20.0 Å². The smallest absolute Gasteiger partial charge is 0.249 e. The zero-order chi connectivity index (χ0) is 18.1. The maximum Gasteiger partial charge on any atom is 0.249 e. The monoisotopic (exact) mass is 356 g/mol. The molecule has 3 aromatic rings. The summed E-state index contributed by atoms with van der Waals surface area (Å²) in [4.78, 5) is 22.0. The summed E-state index contributed by atoms with van der Waals surface area (Å²) in [6.07, 6.45) is 4.00. The van der Waals surface area contributed by atoms with Gasteiger partial charge in [-0.25, -0.2) is 8.78 Å². The first-order valence-electron chi connectivity index (χ1n) is 8.09. The third-order valence-electron chi connectivity index (χ3n) is 4.34. The molecule has 1 fully saturated rings. The Hall–Kier alpha value is -3.16. The van der Waals surface area contributed by atoms with Crippen molar-refractivity contribution < 1.29 is 18.1 Å². The summed E-state index contributed by atoms with van der Waals surface area (Å²) < 4.78 is 32.7. The maximum atomic E-state index is 13.9. The molecule has 0 radical (unpaired) electrons. The Bertz CT molecular complexity index is 945. The summed E-state index contributed by atoms with van der Waals surface area (Å²) in [5.41, 5.74) is 0.848. The van der Waals surface area contributed by atoms with Gasteiger partial charge in [0.15, 0.2) is 0 Å². The number of halogens is 2. The molecule has 0 spiro atoms. The summed E-state index contributed by atoms with van der Waals surface area (Å²) >= 11 is 0. The van der Waals surface area contributed by atoms with Gasteiger partial charge in [-0.15, -0.1) is 0 Å². The van der Waals surface area contributed by atoms with E-state index in [0.29, 0.717) is 12.2 Å². The van der Waals surface area contributed by atoms with E-state index in [0.717, 1.165) is 23.8 Å². The highest BCUT2D eigenvalue weighted by Crippen LogP contribution is 2.34. The number of aromatic nitrogens is 3. The lowest BCUT2D eigenvalue weighted by Crippen LogP contribution is -2.27. The molecule has 1 amide bonds. The van der Waals surface area contributed by atoms with Crippen LogP contribution in [0.5, 0.6) is 0 Å². The molecule has 0 saturated carbocycles. The topological polar surface area (TPSA) is 72.1 Å². The molecule has 132 valence electrons. The molecule has 1 atom stereocenters. The van der Waals surface area contributed by atoms with Gasteiger partial charge in [0.05, 0.1) is 0 Å². The van der Waals surface area contributed by atoms with E-state index in [1.165, 1.54) is 4.90 Å². The van der Waals surface area contributed by atoms with Crippen LogP contribution in [0.1, 0.15) is 30.3 Å². The van der Waals surface area contributed by atoms with Gasteiger partial charge in [0.25, 0.3) is 0 Å². The number of carbonyl (C=O) groups is 1. The number of hydrogen-bond donors (Lipinski definition) is 0. The van der Waals surface area contributed by atoms with Gasteiger partial charge in [0.1, 0.15) is 17.7 Å². The first kappa shape index (κ1) is 16.3. The van der Waals surface area contributed by atoms with Crippen LogP contribution in [0, 0.1) is 11.6 Å². The Labute approximate surface area is 147 Å². The van der Waals surface area contributed by atoms with Crippen LogP contribution >= 0.6 is 0 Å². The number of amides is 1. The predicted octanol–water partition coefficient (Wildman–Crippen LogP) is 3.27. The van der Waals surface area contributed by atoms with Crippen LogP contribution in [0.25, 0.3) is 11.4 Å². The van der Waals surface area contributed by atoms with Gasteiger partial charge in [-0.2, -0.15) is 4.98 Å². The van der Waals surface area contributed by atoms with E-state index in [2.05, 4.69) is 15.1 Å². The van der Waals surface area contributed by atoms with Crippen LogP contribution in [-0.4, -0.2) is 25.9 Å². The van der Waals surface area contributed by atoms with Crippen molar-refractivity contribution in [1.29, 1.82) is 0 Å². The van der Waals surface area contributed by atoms with Crippen LogP contribution in [0.3, 0.4) is 0 Å². The van der Waals surface area contributed by atoms with E-state index in [-0.39, 0.29) is 30.3 Å². The molecule has 2 aromatic heterocycles. The number of pyridine rings is 1. The standard InChI is InChI=1S/C18H14F2N4O2/c19-13-1-2-14(20)12(9-13)10-24-15(3-4-16(24)25)18-22-17(23-26-18)11-5-7-21-8-6-11/h1-2,5-9,15H,3-4,10H2. The Morgan fingerprint density at radius 1 is 1.19 bits per heavy atom. The Balaban J connectivity index is 1.61. The zero-order valence-corrected chi connectivity index (χ0v) is 13.6. The van der Waals surface area contributed by atoms with Gasteiger partial charge in [-0.1, -0.05) is 5.16 Å². The molecule has 1 aromatic carbocycles. The Morgan fingerprint density at radius 3 is 2.81 bits per heavy atom. The Morgan fingerprint density at radius 2 is 2.00 bits per heavy atom. The number of likely N-dealkylation sites (tertiary alicyclic amines) is 1. The number of carbonyl (C=O) groups excluding carboxylic acids is 1. The first-order valence-corrected chi connectivity index (χ1v) is 8.09. The van der Waals surface area contributed by atoms with Gasteiger partial charge in [0, 0.05) is 36.5 Å². The van der Waals surface area contributed by atoms with Gasteiger partial charge in [0.2, 0.25) is 17.6 Å². The third kappa shape index (κ3) is 3.05. The lowest BCUT2D eigenvalue weighted by molar-refractivity contribution is -0.130. The molecule has 6 nitrogen and oxygen atoms in total. The van der Waals surface area contributed by atoms with Crippen LogP contribution in [0.2, 0.25) is 0 Å². The molecular formula is C18H14F2N4O2. The van der Waals surface area contributed by atoms with Crippen molar-refractivity contribution in [3.63, 3.8) is 0 Å². The number of hydrogen-bond acceptors (Lipinski definition) is 5. The average Bonchev–Trinajstić information content (AvgIpc) is 3.27. The molecule has 0 N–H and O–H groups in total. The molecule has 3 heterocycles. The van der Waals surface area contributed by atoms with Crippen molar-refractivity contribution in [3.05, 3.63) is 65.8 Å². The van der Waals surface area contributed by atoms with Crippen LogP contribution in [0.4, 0.5) is 8.78 Å². The number of benzene rings is 1. The van der Waals surface area contributed by atoms with Gasteiger partial charge in [-0.05, 0) is 36.8 Å².